The van der Waals surface area contributed by atoms with Gasteiger partial charge in [-0.1, -0.05) is 149 Å². The van der Waals surface area contributed by atoms with E-state index in [1.807, 2.05) is 6.08 Å². The third kappa shape index (κ3) is 4.03. The fourth-order valence-electron chi connectivity index (χ4n) is 4.88. The molecule has 0 bridgehead atoms. The Labute approximate surface area is 197 Å². The Morgan fingerprint density at radius 3 is 2.03 bits per heavy atom. The monoisotopic (exact) mass is 422 g/mol. The first-order valence-electron chi connectivity index (χ1n) is 11.5. The molecule has 0 nitrogen and oxygen atoms in total. The summed E-state index contributed by atoms with van der Waals surface area (Å²) in [6.45, 7) is 8.58. The van der Waals surface area contributed by atoms with E-state index in [1.54, 1.807) is 0 Å². The van der Waals surface area contributed by atoms with Gasteiger partial charge in [0.15, 0.2) is 0 Å². The molecule has 5 rings (SSSR count). The highest BCUT2D eigenvalue weighted by Crippen LogP contribution is 2.31. The Bertz CT molecular complexity index is 1430. The van der Waals surface area contributed by atoms with Crippen LogP contribution in [0.1, 0.15) is 16.7 Å². The van der Waals surface area contributed by atoms with Crippen molar-refractivity contribution in [1.29, 1.82) is 0 Å². The summed E-state index contributed by atoms with van der Waals surface area (Å²) in [6, 6.07) is 39.7. The lowest BCUT2D eigenvalue weighted by Crippen LogP contribution is -2.53. The molecule has 0 N–H and O–H groups in total. The summed E-state index contributed by atoms with van der Waals surface area (Å²) in [7, 11) is 0. The molecule has 0 aromatic heterocycles. The molecule has 0 aliphatic rings. The molecular formula is C32H27B. The molecule has 0 spiro atoms. The van der Waals surface area contributed by atoms with Crippen molar-refractivity contribution in [2.24, 2.45) is 0 Å². The van der Waals surface area contributed by atoms with Gasteiger partial charge in [-0.2, -0.15) is 0 Å². The molecule has 5 aromatic rings. The standard InChI is InChI=1S/C32H27B/c1-4-25-18-21-30(31-13-9-8-12-29(25)31)26-16-19-28(20-17-26)33(27-10-6-5-7-11-27)32-22-23(2)14-15-24(32)3/h4-22H,1H2,2-3H3. The topological polar surface area (TPSA) is 0 Å². The van der Waals surface area contributed by atoms with Crippen LogP contribution >= 0.6 is 0 Å². The zero-order valence-corrected chi connectivity index (χ0v) is 19.3. The third-order valence-corrected chi connectivity index (χ3v) is 6.61. The second-order valence-corrected chi connectivity index (χ2v) is 8.78. The lowest BCUT2D eigenvalue weighted by atomic mass is 9.36. The minimum Gasteiger partial charge on any atom is -0.0984 e. The number of rotatable bonds is 5. The maximum Gasteiger partial charge on any atom is 0.241 e. The SMILES string of the molecule is C=Cc1ccc(-c2ccc(B(c3ccccc3)c3cc(C)ccc3C)cc2)c2ccccc12. The van der Waals surface area contributed by atoms with Crippen molar-refractivity contribution in [3.8, 4) is 11.1 Å². The molecule has 0 radical (unpaired) electrons. The first-order chi connectivity index (χ1) is 16.2. The molecule has 0 fully saturated rings. The highest BCUT2D eigenvalue weighted by atomic mass is 14.1. The van der Waals surface area contributed by atoms with Gasteiger partial charge in [0.2, 0.25) is 6.71 Å². The molecule has 158 valence electrons. The Morgan fingerprint density at radius 1 is 0.636 bits per heavy atom. The largest absolute Gasteiger partial charge is 0.241 e. The van der Waals surface area contributed by atoms with Crippen LogP contribution in [0.4, 0.5) is 0 Å². The number of hydrogen-bond donors (Lipinski definition) is 0. The highest BCUT2D eigenvalue weighted by Gasteiger charge is 2.23. The zero-order valence-electron chi connectivity index (χ0n) is 19.3. The number of hydrogen-bond acceptors (Lipinski definition) is 0. The van der Waals surface area contributed by atoms with E-state index in [0.29, 0.717) is 0 Å². The number of fused-ring (bicyclic) bond motifs is 1. The van der Waals surface area contributed by atoms with E-state index in [4.69, 9.17) is 0 Å². The van der Waals surface area contributed by atoms with Gasteiger partial charge in [-0.3, -0.25) is 0 Å². The van der Waals surface area contributed by atoms with Gasteiger partial charge in [-0.15, -0.1) is 0 Å². The van der Waals surface area contributed by atoms with E-state index in [-0.39, 0.29) is 6.71 Å². The summed E-state index contributed by atoms with van der Waals surface area (Å²) < 4.78 is 0. The van der Waals surface area contributed by atoms with Crippen LogP contribution in [0, 0.1) is 13.8 Å². The molecule has 0 heterocycles. The average Bonchev–Trinajstić information content (AvgIpc) is 2.87. The average molecular weight is 422 g/mol. The summed E-state index contributed by atoms with van der Waals surface area (Å²) >= 11 is 0. The molecule has 0 saturated carbocycles. The molecular weight excluding hydrogens is 395 g/mol. The van der Waals surface area contributed by atoms with Crippen molar-refractivity contribution >= 4 is 39.9 Å². The predicted molar refractivity (Wildman–Crippen MR) is 146 cm³/mol. The lowest BCUT2D eigenvalue weighted by Gasteiger charge is -2.19. The van der Waals surface area contributed by atoms with Gasteiger partial charge in [0.25, 0.3) is 0 Å². The smallest absolute Gasteiger partial charge is 0.0984 e. The highest BCUT2D eigenvalue weighted by molar-refractivity contribution is 6.95. The van der Waals surface area contributed by atoms with Crippen LogP contribution in [0.2, 0.25) is 0 Å². The summed E-state index contributed by atoms with van der Waals surface area (Å²) in [4.78, 5) is 0. The minimum atomic E-state index is 0.208. The summed E-state index contributed by atoms with van der Waals surface area (Å²) in [5, 5.41) is 2.50. The van der Waals surface area contributed by atoms with Crippen LogP contribution in [0.25, 0.3) is 28.0 Å². The lowest BCUT2D eigenvalue weighted by molar-refractivity contribution is 1.43. The van der Waals surface area contributed by atoms with Crippen molar-refractivity contribution in [2.75, 3.05) is 0 Å². The van der Waals surface area contributed by atoms with Gasteiger partial charge in [0.1, 0.15) is 0 Å². The van der Waals surface area contributed by atoms with Gasteiger partial charge in [-0.25, -0.2) is 0 Å². The fourth-order valence-corrected chi connectivity index (χ4v) is 4.88. The van der Waals surface area contributed by atoms with Gasteiger partial charge < -0.3 is 0 Å². The van der Waals surface area contributed by atoms with Gasteiger partial charge in [0.05, 0.1) is 0 Å². The maximum absolute atomic E-state index is 3.99. The first kappa shape index (κ1) is 21.0. The van der Waals surface area contributed by atoms with E-state index in [0.717, 1.165) is 0 Å². The van der Waals surface area contributed by atoms with Crippen LogP contribution < -0.4 is 16.4 Å². The predicted octanol–water partition coefficient (Wildman–Crippen LogP) is 6.28. The molecule has 33 heavy (non-hydrogen) atoms. The second-order valence-electron chi connectivity index (χ2n) is 8.78. The van der Waals surface area contributed by atoms with Crippen LogP contribution in [-0.4, -0.2) is 6.71 Å². The summed E-state index contributed by atoms with van der Waals surface area (Å²) in [5.41, 5.74) is 10.3. The van der Waals surface area contributed by atoms with E-state index in [9.17, 15) is 0 Å². The second kappa shape index (κ2) is 8.96. The molecule has 0 saturated heterocycles. The fraction of sp³-hybridized carbons (Fsp3) is 0.0625. The Hall–Kier alpha value is -3.84. The van der Waals surface area contributed by atoms with Crippen LogP contribution in [0.15, 0.2) is 116 Å². The van der Waals surface area contributed by atoms with E-state index < -0.39 is 0 Å². The molecule has 0 amide bonds. The van der Waals surface area contributed by atoms with Crippen LogP contribution in [-0.2, 0) is 0 Å². The molecule has 0 aliphatic carbocycles. The van der Waals surface area contributed by atoms with Crippen molar-refractivity contribution in [2.45, 2.75) is 13.8 Å². The van der Waals surface area contributed by atoms with E-state index in [2.05, 4.69) is 130 Å². The zero-order chi connectivity index (χ0) is 22.8. The Kier molecular flexibility index (Phi) is 5.71. The molecule has 0 atom stereocenters. The number of benzene rings is 5. The van der Waals surface area contributed by atoms with Crippen molar-refractivity contribution in [3.05, 3.63) is 132 Å². The summed E-state index contributed by atoms with van der Waals surface area (Å²) in [5.74, 6) is 0. The molecule has 0 unspecified atom stereocenters. The normalized spacial score (nSPS) is 10.8. The van der Waals surface area contributed by atoms with Crippen molar-refractivity contribution < 1.29 is 0 Å². The van der Waals surface area contributed by atoms with Crippen LogP contribution in [0.5, 0.6) is 0 Å². The van der Waals surface area contributed by atoms with Crippen molar-refractivity contribution in [3.63, 3.8) is 0 Å². The van der Waals surface area contributed by atoms with Crippen molar-refractivity contribution in [1.82, 2.24) is 0 Å². The molecule has 0 aliphatic heterocycles. The quantitative estimate of drug-likeness (QED) is 0.292. The minimum absolute atomic E-state index is 0.208. The summed E-state index contributed by atoms with van der Waals surface area (Å²) in [6.07, 6.45) is 1.93. The Morgan fingerprint density at radius 2 is 1.30 bits per heavy atom. The number of aryl methyl sites for hydroxylation is 2. The van der Waals surface area contributed by atoms with Gasteiger partial charge >= 0.3 is 0 Å². The van der Waals surface area contributed by atoms with E-state index >= 15 is 0 Å². The molecule has 1 heteroatoms. The first-order valence-corrected chi connectivity index (χ1v) is 11.5. The van der Waals surface area contributed by atoms with E-state index in [1.165, 1.54) is 55.0 Å². The maximum atomic E-state index is 3.99. The van der Waals surface area contributed by atoms with Gasteiger partial charge in [-0.05, 0) is 41.3 Å². The van der Waals surface area contributed by atoms with Gasteiger partial charge in [0, 0.05) is 0 Å². The van der Waals surface area contributed by atoms with Crippen LogP contribution in [0.3, 0.4) is 0 Å². The molecule has 5 aromatic carbocycles. The Balaban J connectivity index is 1.63. The third-order valence-electron chi connectivity index (χ3n) is 6.61.